The van der Waals surface area contributed by atoms with E-state index in [1.54, 1.807) is 0 Å². The molecule has 0 aliphatic carbocycles. The summed E-state index contributed by atoms with van der Waals surface area (Å²) in [7, 11) is 0. The maximum atomic E-state index is 11.9. The van der Waals surface area contributed by atoms with Crippen LogP contribution in [0.4, 0.5) is 4.79 Å². The van der Waals surface area contributed by atoms with Crippen molar-refractivity contribution in [1.82, 2.24) is 10.2 Å². The molecule has 1 atom stereocenters. The van der Waals surface area contributed by atoms with Gasteiger partial charge in [-0.2, -0.15) is 0 Å². The first-order chi connectivity index (χ1) is 9.63. The molecule has 0 aromatic carbocycles. The van der Waals surface area contributed by atoms with Gasteiger partial charge < -0.3 is 15.3 Å². The smallest absolute Gasteiger partial charge is 0.317 e. The first-order valence-corrected chi connectivity index (χ1v) is 7.88. The van der Waals surface area contributed by atoms with Crippen molar-refractivity contribution < 1.29 is 14.7 Å². The number of carboxylic acid groups (broad SMARTS) is 1. The predicted molar refractivity (Wildman–Crippen MR) is 78.7 cm³/mol. The van der Waals surface area contributed by atoms with Crippen LogP contribution in [0.2, 0.25) is 0 Å². The van der Waals surface area contributed by atoms with Gasteiger partial charge in [-0.25, -0.2) is 4.79 Å². The van der Waals surface area contributed by atoms with Gasteiger partial charge in [-0.15, -0.1) is 0 Å². The van der Waals surface area contributed by atoms with Crippen LogP contribution in [0, 0.1) is 5.92 Å². The Balaban J connectivity index is 2.21. The minimum absolute atomic E-state index is 0.0400. The molecule has 0 aromatic rings. The van der Waals surface area contributed by atoms with E-state index in [2.05, 4.69) is 12.2 Å². The van der Waals surface area contributed by atoms with Crippen molar-refractivity contribution in [2.45, 2.75) is 58.3 Å². The van der Waals surface area contributed by atoms with Crippen LogP contribution in [0.5, 0.6) is 0 Å². The molecular formula is C15H28N2O3. The summed E-state index contributed by atoms with van der Waals surface area (Å²) in [6, 6.07) is 0.0400. The summed E-state index contributed by atoms with van der Waals surface area (Å²) in [5.41, 5.74) is 0. The Labute approximate surface area is 121 Å². The molecule has 1 unspecified atom stereocenters. The van der Waals surface area contributed by atoms with Gasteiger partial charge in [-0.1, -0.05) is 19.8 Å². The molecule has 0 aromatic heterocycles. The highest BCUT2D eigenvalue weighted by Crippen LogP contribution is 2.17. The maximum absolute atomic E-state index is 11.9. The maximum Gasteiger partial charge on any atom is 0.317 e. The average Bonchev–Trinajstić information content (AvgIpc) is 2.45. The first-order valence-electron chi connectivity index (χ1n) is 7.88. The Morgan fingerprint density at radius 2 is 1.85 bits per heavy atom. The number of carbonyl (C=O) groups is 2. The number of nitrogens with one attached hydrogen (secondary N) is 1. The van der Waals surface area contributed by atoms with E-state index >= 15 is 0 Å². The highest BCUT2D eigenvalue weighted by atomic mass is 16.4. The fourth-order valence-corrected chi connectivity index (χ4v) is 2.76. The summed E-state index contributed by atoms with van der Waals surface area (Å²) in [6.07, 6.45) is 7.33. The second-order valence-corrected chi connectivity index (χ2v) is 5.66. The molecule has 0 spiro atoms. The Hall–Kier alpha value is -1.26. The Morgan fingerprint density at radius 3 is 2.45 bits per heavy atom. The topological polar surface area (TPSA) is 69.6 Å². The molecule has 0 bridgehead atoms. The number of aliphatic carboxylic acids is 1. The third-order valence-electron chi connectivity index (χ3n) is 3.94. The first kappa shape index (κ1) is 16.8. The van der Waals surface area contributed by atoms with Crippen LogP contribution < -0.4 is 5.32 Å². The fourth-order valence-electron chi connectivity index (χ4n) is 2.76. The van der Waals surface area contributed by atoms with E-state index < -0.39 is 5.97 Å². The van der Waals surface area contributed by atoms with Gasteiger partial charge in [-0.3, -0.25) is 4.79 Å². The SMILES string of the molecule is CCCC(CCNC(=O)N1CCCCC1)CCC(=O)O. The summed E-state index contributed by atoms with van der Waals surface area (Å²) in [5.74, 6) is -0.332. The lowest BCUT2D eigenvalue weighted by Crippen LogP contribution is -2.43. The standard InChI is InChI=1S/C15H28N2O3/c1-2-6-13(7-8-14(18)19)9-10-16-15(20)17-11-4-3-5-12-17/h13H,2-12H2,1H3,(H,16,20)(H,18,19). The zero-order valence-corrected chi connectivity index (χ0v) is 12.6. The number of hydrogen-bond donors (Lipinski definition) is 2. The molecule has 20 heavy (non-hydrogen) atoms. The Morgan fingerprint density at radius 1 is 1.15 bits per heavy atom. The number of carbonyl (C=O) groups excluding carboxylic acids is 1. The third-order valence-corrected chi connectivity index (χ3v) is 3.94. The van der Waals surface area contributed by atoms with Gasteiger partial charge in [0.2, 0.25) is 0 Å². The fraction of sp³-hybridized carbons (Fsp3) is 0.867. The molecule has 1 aliphatic rings. The lowest BCUT2D eigenvalue weighted by Gasteiger charge is -2.27. The largest absolute Gasteiger partial charge is 0.481 e. The second-order valence-electron chi connectivity index (χ2n) is 5.66. The number of rotatable bonds is 8. The van der Waals surface area contributed by atoms with Crippen LogP contribution in [0.3, 0.4) is 0 Å². The molecule has 2 amide bonds. The quantitative estimate of drug-likeness (QED) is 0.720. The van der Waals surface area contributed by atoms with Crippen LogP contribution in [0.1, 0.15) is 58.3 Å². The minimum Gasteiger partial charge on any atom is -0.481 e. The van der Waals surface area contributed by atoms with Gasteiger partial charge in [-0.05, 0) is 38.0 Å². The van der Waals surface area contributed by atoms with E-state index in [0.717, 1.165) is 45.2 Å². The van der Waals surface area contributed by atoms with Gasteiger partial charge in [0.15, 0.2) is 0 Å². The number of amides is 2. The third kappa shape index (κ3) is 6.78. The molecule has 1 aliphatic heterocycles. The Bertz CT molecular complexity index is 301. The van der Waals surface area contributed by atoms with Gasteiger partial charge in [0.1, 0.15) is 0 Å². The van der Waals surface area contributed by atoms with E-state index in [1.165, 1.54) is 6.42 Å². The monoisotopic (exact) mass is 284 g/mol. The second kappa shape index (κ2) is 9.61. The molecule has 1 fully saturated rings. The number of likely N-dealkylation sites (tertiary alicyclic amines) is 1. The van der Waals surface area contributed by atoms with Crippen LogP contribution in [-0.2, 0) is 4.79 Å². The van der Waals surface area contributed by atoms with E-state index in [9.17, 15) is 9.59 Å². The summed E-state index contributed by atoms with van der Waals surface area (Å²) >= 11 is 0. The normalized spacial score (nSPS) is 16.8. The van der Waals surface area contributed by atoms with E-state index in [4.69, 9.17) is 5.11 Å². The summed E-state index contributed by atoms with van der Waals surface area (Å²) < 4.78 is 0. The number of piperidine rings is 1. The summed E-state index contributed by atoms with van der Waals surface area (Å²) in [4.78, 5) is 24.4. The zero-order chi connectivity index (χ0) is 14.8. The van der Waals surface area contributed by atoms with Crippen LogP contribution in [-0.4, -0.2) is 41.6 Å². The van der Waals surface area contributed by atoms with E-state index in [-0.39, 0.29) is 12.5 Å². The van der Waals surface area contributed by atoms with Crippen molar-refractivity contribution in [2.75, 3.05) is 19.6 Å². The van der Waals surface area contributed by atoms with E-state index in [0.29, 0.717) is 18.9 Å². The molecule has 116 valence electrons. The van der Waals surface area contributed by atoms with Crippen molar-refractivity contribution in [3.63, 3.8) is 0 Å². The van der Waals surface area contributed by atoms with Crippen LogP contribution in [0.15, 0.2) is 0 Å². The molecule has 0 radical (unpaired) electrons. The van der Waals surface area contributed by atoms with Crippen molar-refractivity contribution in [2.24, 2.45) is 5.92 Å². The van der Waals surface area contributed by atoms with Gasteiger partial charge >= 0.3 is 12.0 Å². The van der Waals surface area contributed by atoms with Crippen LogP contribution >= 0.6 is 0 Å². The molecule has 5 nitrogen and oxygen atoms in total. The minimum atomic E-state index is -0.733. The van der Waals surface area contributed by atoms with Crippen molar-refractivity contribution in [1.29, 1.82) is 0 Å². The van der Waals surface area contributed by atoms with Gasteiger partial charge in [0.25, 0.3) is 0 Å². The van der Waals surface area contributed by atoms with Crippen LogP contribution in [0.25, 0.3) is 0 Å². The summed E-state index contributed by atoms with van der Waals surface area (Å²) in [6.45, 7) is 4.49. The molecular weight excluding hydrogens is 256 g/mol. The predicted octanol–water partition coefficient (Wildman–Crippen LogP) is 2.85. The molecule has 0 saturated carbocycles. The highest BCUT2D eigenvalue weighted by Gasteiger charge is 2.16. The van der Waals surface area contributed by atoms with Crippen molar-refractivity contribution >= 4 is 12.0 Å². The number of urea groups is 1. The molecule has 1 heterocycles. The number of carboxylic acids is 1. The Kier molecular flexibility index (Phi) is 8.07. The van der Waals surface area contributed by atoms with Crippen molar-refractivity contribution in [3.05, 3.63) is 0 Å². The molecule has 1 saturated heterocycles. The average molecular weight is 284 g/mol. The van der Waals surface area contributed by atoms with E-state index in [1.807, 2.05) is 4.90 Å². The molecule has 2 N–H and O–H groups in total. The highest BCUT2D eigenvalue weighted by molar-refractivity contribution is 5.74. The zero-order valence-electron chi connectivity index (χ0n) is 12.6. The number of hydrogen-bond acceptors (Lipinski definition) is 2. The van der Waals surface area contributed by atoms with Gasteiger partial charge in [0.05, 0.1) is 0 Å². The summed E-state index contributed by atoms with van der Waals surface area (Å²) in [5, 5.41) is 11.7. The lowest BCUT2D eigenvalue weighted by molar-refractivity contribution is -0.137. The lowest BCUT2D eigenvalue weighted by atomic mass is 9.94. The van der Waals surface area contributed by atoms with Gasteiger partial charge in [0, 0.05) is 26.1 Å². The molecule has 5 heteroatoms. The molecule has 1 rings (SSSR count). The number of nitrogens with zero attached hydrogens (tertiary/aromatic N) is 1. The van der Waals surface area contributed by atoms with Crippen molar-refractivity contribution in [3.8, 4) is 0 Å².